The maximum absolute atomic E-state index is 2.29. The van der Waals surface area contributed by atoms with Crippen molar-refractivity contribution in [2.45, 2.75) is 0 Å². The Balaban J connectivity index is 1.13. The summed E-state index contributed by atoms with van der Waals surface area (Å²) in [6, 6.07) is 91.6. The maximum atomic E-state index is 2.29. The van der Waals surface area contributed by atoms with Gasteiger partial charge in [0.2, 0.25) is 0 Å². The van der Waals surface area contributed by atoms with Crippen molar-refractivity contribution in [2.75, 3.05) is 0 Å². The first-order valence-electron chi connectivity index (χ1n) is 19.9. The van der Waals surface area contributed by atoms with Gasteiger partial charge in [-0.2, -0.15) is 0 Å². The number of hydrogen-bond acceptors (Lipinski definition) is 0. The first kappa shape index (κ1) is 36.1. The van der Waals surface area contributed by atoms with Gasteiger partial charge in [-0.05, 0) is 146 Å². The van der Waals surface area contributed by atoms with Crippen molar-refractivity contribution in [3.05, 3.63) is 345 Å². The third kappa shape index (κ3) is 7.78. The normalized spacial score (nSPS) is 10.8. The van der Waals surface area contributed by atoms with Crippen LogP contribution in [0.3, 0.4) is 0 Å². The highest BCUT2D eigenvalue weighted by Crippen LogP contribution is 2.38. The second-order valence-corrected chi connectivity index (χ2v) is 14.4. The van der Waals surface area contributed by atoms with E-state index < -0.39 is 0 Å². The lowest BCUT2D eigenvalue weighted by Crippen LogP contribution is -2.09. The average molecular weight is 739 g/mol. The summed E-state index contributed by atoms with van der Waals surface area (Å²) in [6.45, 7) is 0. The SMILES string of the molecule is c1ccc([C+](c2ccccc2)c2ccc([C+](c3ccc([C+](c4ccccc4)c4ccccc4)cc3)c3ccc([C+](c4ccccc4)c4ccccc4)cc3)cc2)cc1. The van der Waals surface area contributed by atoms with Crippen molar-refractivity contribution >= 4 is 0 Å². The van der Waals surface area contributed by atoms with Crippen LogP contribution in [-0.2, 0) is 0 Å². The summed E-state index contributed by atoms with van der Waals surface area (Å²) in [5.41, 5.74) is 14.2. The van der Waals surface area contributed by atoms with Gasteiger partial charge in [0.05, 0.1) is 90.4 Å². The van der Waals surface area contributed by atoms with E-state index in [4.69, 9.17) is 0 Å². The van der Waals surface area contributed by atoms with Crippen molar-refractivity contribution in [2.24, 2.45) is 0 Å². The Labute approximate surface area is 343 Å². The summed E-state index contributed by atoms with van der Waals surface area (Å²) in [4.78, 5) is 0. The van der Waals surface area contributed by atoms with E-state index in [0.717, 1.165) is 16.7 Å². The predicted molar refractivity (Wildman–Crippen MR) is 240 cm³/mol. The summed E-state index contributed by atoms with van der Waals surface area (Å²) in [6.07, 6.45) is 0. The molecule has 0 aliphatic rings. The zero-order chi connectivity index (χ0) is 38.9. The van der Waals surface area contributed by atoms with Crippen LogP contribution in [0, 0.1) is 23.7 Å². The molecular weight excluding hydrogens is 697 g/mol. The van der Waals surface area contributed by atoms with E-state index in [2.05, 4.69) is 255 Å². The van der Waals surface area contributed by atoms with E-state index in [9.17, 15) is 0 Å². The molecule has 0 radical (unpaired) electrons. The quantitative estimate of drug-likeness (QED) is 0.0865. The molecule has 270 valence electrons. The maximum Gasteiger partial charge on any atom is 0.0662 e. The lowest BCUT2D eigenvalue weighted by atomic mass is 9.79. The second kappa shape index (κ2) is 17.1. The Morgan fingerprint density at radius 1 is 0.121 bits per heavy atom. The molecular formula is C58H42+4. The molecule has 0 heteroatoms. The summed E-state index contributed by atoms with van der Waals surface area (Å²) >= 11 is 0. The van der Waals surface area contributed by atoms with Crippen LogP contribution in [0.1, 0.15) is 66.8 Å². The van der Waals surface area contributed by atoms with Gasteiger partial charge in [0.25, 0.3) is 0 Å². The van der Waals surface area contributed by atoms with Gasteiger partial charge in [0, 0.05) is 72.8 Å². The minimum Gasteiger partial charge on any atom is -0.0511 e. The molecule has 9 aromatic carbocycles. The molecule has 0 heterocycles. The van der Waals surface area contributed by atoms with Crippen molar-refractivity contribution in [1.29, 1.82) is 0 Å². The zero-order valence-electron chi connectivity index (χ0n) is 32.2. The molecule has 0 aliphatic heterocycles. The largest absolute Gasteiger partial charge is 0.0662 e. The van der Waals surface area contributed by atoms with E-state index >= 15 is 0 Å². The molecule has 0 aliphatic carbocycles. The van der Waals surface area contributed by atoms with Crippen molar-refractivity contribution in [3.8, 4) is 0 Å². The van der Waals surface area contributed by atoms with Gasteiger partial charge in [-0.25, -0.2) is 0 Å². The minimum atomic E-state index is 1.16. The fourth-order valence-corrected chi connectivity index (χ4v) is 8.04. The molecule has 0 unspecified atom stereocenters. The zero-order valence-corrected chi connectivity index (χ0v) is 32.2. The van der Waals surface area contributed by atoms with Gasteiger partial charge < -0.3 is 0 Å². The van der Waals surface area contributed by atoms with Crippen LogP contribution in [0.25, 0.3) is 0 Å². The molecule has 0 nitrogen and oxygen atoms in total. The summed E-state index contributed by atoms with van der Waals surface area (Å²) in [5.74, 6) is 4.85. The Hall–Kier alpha value is -7.54. The van der Waals surface area contributed by atoms with Gasteiger partial charge in [0.1, 0.15) is 0 Å². The topological polar surface area (TPSA) is 0 Å². The van der Waals surface area contributed by atoms with Crippen LogP contribution >= 0.6 is 0 Å². The van der Waals surface area contributed by atoms with Crippen LogP contribution in [0.2, 0.25) is 0 Å². The summed E-state index contributed by atoms with van der Waals surface area (Å²) < 4.78 is 0. The number of hydrogen-bond donors (Lipinski definition) is 0. The fraction of sp³-hybridized carbons (Fsp3) is 0. The standard InChI is InChI=1S/C58H42/c1-7-19-43(20-8-1)55(44-21-9-2-10-22-44)49-31-37-52(38-32-49)58(53-39-33-50(34-40-53)56(45-23-11-3-12-24-45)46-25-13-4-14-26-46)54-41-35-51(36-42-54)57(47-27-15-5-16-28-47)48-29-17-6-18-30-48/h1-42H/q+4. The van der Waals surface area contributed by atoms with E-state index in [1.54, 1.807) is 0 Å². The van der Waals surface area contributed by atoms with E-state index in [0.29, 0.717) is 0 Å². The molecule has 0 saturated heterocycles. The second-order valence-electron chi connectivity index (χ2n) is 14.4. The fourth-order valence-electron chi connectivity index (χ4n) is 8.04. The Kier molecular flexibility index (Phi) is 10.6. The highest BCUT2D eigenvalue weighted by atomic mass is 14.3. The van der Waals surface area contributed by atoms with Gasteiger partial charge in [-0.1, -0.05) is 36.4 Å². The minimum absolute atomic E-state index is 1.16. The van der Waals surface area contributed by atoms with Crippen LogP contribution in [0.15, 0.2) is 255 Å². The molecule has 0 fully saturated rings. The highest BCUT2D eigenvalue weighted by Gasteiger charge is 2.30. The summed E-state index contributed by atoms with van der Waals surface area (Å²) in [5, 5.41) is 0. The molecule has 0 bridgehead atoms. The summed E-state index contributed by atoms with van der Waals surface area (Å²) in [7, 11) is 0. The lowest BCUT2D eigenvalue weighted by molar-refractivity contribution is 1.17. The van der Waals surface area contributed by atoms with Crippen LogP contribution in [0.5, 0.6) is 0 Å². The van der Waals surface area contributed by atoms with Crippen molar-refractivity contribution < 1.29 is 0 Å². The molecule has 0 N–H and O–H groups in total. The van der Waals surface area contributed by atoms with Crippen LogP contribution < -0.4 is 0 Å². The predicted octanol–water partition coefficient (Wildman–Crippen LogP) is 13.8. The van der Waals surface area contributed by atoms with Crippen molar-refractivity contribution in [1.82, 2.24) is 0 Å². The highest BCUT2D eigenvalue weighted by molar-refractivity contribution is 5.65. The Morgan fingerprint density at radius 2 is 0.224 bits per heavy atom. The first-order valence-corrected chi connectivity index (χ1v) is 19.9. The Morgan fingerprint density at radius 3 is 0.345 bits per heavy atom. The molecule has 0 saturated carbocycles. The molecule has 0 spiro atoms. The van der Waals surface area contributed by atoms with Crippen molar-refractivity contribution in [3.63, 3.8) is 0 Å². The third-order valence-electron chi connectivity index (χ3n) is 10.8. The van der Waals surface area contributed by atoms with E-state index in [-0.39, 0.29) is 0 Å². The Bertz CT molecular complexity index is 2180. The average Bonchev–Trinajstić information content (AvgIpc) is 3.30. The number of benzene rings is 9. The van der Waals surface area contributed by atoms with E-state index in [1.165, 1.54) is 73.7 Å². The van der Waals surface area contributed by atoms with Gasteiger partial charge in [0.15, 0.2) is 0 Å². The monoisotopic (exact) mass is 738 g/mol. The van der Waals surface area contributed by atoms with Gasteiger partial charge >= 0.3 is 0 Å². The smallest absolute Gasteiger partial charge is 0.0511 e. The molecule has 9 aromatic rings. The molecule has 0 atom stereocenters. The van der Waals surface area contributed by atoms with Crippen LogP contribution in [-0.4, -0.2) is 0 Å². The third-order valence-corrected chi connectivity index (χ3v) is 10.8. The van der Waals surface area contributed by atoms with E-state index in [1.807, 2.05) is 0 Å². The molecule has 0 amide bonds. The van der Waals surface area contributed by atoms with Gasteiger partial charge in [-0.15, -0.1) is 0 Å². The van der Waals surface area contributed by atoms with Gasteiger partial charge in [-0.3, -0.25) is 0 Å². The molecule has 9 rings (SSSR count). The lowest BCUT2D eigenvalue weighted by Gasteiger charge is -2.17. The first-order chi connectivity index (χ1) is 28.8. The molecule has 0 aromatic heterocycles. The molecule has 58 heavy (non-hydrogen) atoms. The van der Waals surface area contributed by atoms with Crippen LogP contribution in [0.4, 0.5) is 0 Å². The number of rotatable bonds is 12.